The van der Waals surface area contributed by atoms with Crippen molar-refractivity contribution in [2.45, 2.75) is 51.7 Å². The number of aromatic nitrogens is 2. The van der Waals surface area contributed by atoms with Crippen LogP contribution in [0.3, 0.4) is 0 Å². The summed E-state index contributed by atoms with van der Waals surface area (Å²) in [4.78, 5) is 34.9. The third-order valence-corrected chi connectivity index (χ3v) is 10.0. The number of pyridine rings is 2. The van der Waals surface area contributed by atoms with Crippen molar-refractivity contribution in [3.05, 3.63) is 87.8 Å². The third kappa shape index (κ3) is 8.61. The minimum atomic E-state index is -0.485. The molecule has 13 heteroatoms. The number of nitrogens with one attached hydrogen (secondary N) is 3. The van der Waals surface area contributed by atoms with E-state index in [2.05, 4.69) is 25.8 Å². The van der Waals surface area contributed by atoms with E-state index < -0.39 is 5.82 Å². The van der Waals surface area contributed by atoms with Crippen LogP contribution in [0.15, 0.2) is 60.8 Å². The normalized spacial score (nSPS) is 17.6. The van der Waals surface area contributed by atoms with Crippen molar-refractivity contribution >= 4 is 46.6 Å². The van der Waals surface area contributed by atoms with Gasteiger partial charge in [-0.2, -0.15) is 0 Å². The second-order valence-corrected chi connectivity index (χ2v) is 13.5. The fourth-order valence-corrected chi connectivity index (χ4v) is 7.23. The SMILES string of the molecule is CCOC(=O)[C@H]1CCCN(Cc2ccnc(Nc3cccc(-c4cccc(-c5ccc(CNC[C@@H]6CCC(=O)N6)c(OC)n5)c4Cl)c3Cl)c2F)C1. The Morgan fingerprint density at radius 3 is 2.59 bits per heavy atom. The standard InChI is InChI=1S/C38H41Cl2FN6O4/c1-3-51-38(49)25-7-6-18-47(22-25)21-24-16-17-43-36(35(24)41)45-31-11-5-9-28(34(31)40)27-8-4-10-29(33(27)39)30-14-12-23(37(46-30)50-2)19-42-20-26-13-15-32(48)44-26/h4-5,8-12,14,16-17,25-26,42H,3,6-7,13,15,18-22H2,1-2H3,(H,43,45)(H,44,48)/t25-,26-/m0/s1. The molecule has 2 atom stereocenters. The Labute approximate surface area is 307 Å². The zero-order valence-corrected chi connectivity index (χ0v) is 30.1. The molecular weight excluding hydrogens is 694 g/mol. The summed E-state index contributed by atoms with van der Waals surface area (Å²) in [6.07, 6.45) is 4.54. The van der Waals surface area contributed by atoms with Gasteiger partial charge in [0, 0.05) is 72.7 Å². The summed E-state index contributed by atoms with van der Waals surface area (Å²) in [5, 5.41) is 10.2. The van der Waals surface area contributed by atoms with Gasteiger partial charge >= 0.3 is 5.97 Å². The minimum absolute atomic E-state index is 0.0456. The number of rotatable bonds is 13. The Hall–Kier alpha value is -4.29. The van der Waals surface area contributed by atoms with E-state index in [1.807, 2.05) is 42.5 Å². The highest BCUT2D eigenvalue weighted by molar-refractivity contribution is 6.39. The Bertz CT molecular complexity index is 1900. The van der Waals surface area contributed by atoms with Gasteiger partial charge in [-0.3, -0.25) is 14.5 Å². The smallest absolute Gasteiger partial charge is 0.310 e. The number of hydrogen-bond acceptors (Lipinski definition) is 9. The van der Waals surface area contributed by atoms with Gasteiger partial charge in [-0.25, -0.2) is 14.4 Å². The zero-order valence-electron chi connectivity index (χ0n) is 28.6. The first kappa shape index (κ1) is 36.5. The van der Waals surface area contributed by atoms with Crippen molar-refractivity contribution in [3.8, 4) is 28.3 Å². The van der Waals surface area contributed by atoms with Crippen LogP contribution >= 0.6 is 23.2 Å². The Balaban J connectivity index is 1.18. The molecule has 0 unspecified atom stereocenters. The van der Waals surface area contributed by atoms with Crippen LogP contribution in [0.25, 0.3) is 22.4 Å². The molecule has 2 aliphatic heterocycles. The highest BCUT2D eigenvalue weighted by Gasteiger charge is 2.28. The highest BCUT2D eigenvalue weighted by Crippen LogP contribution is 2.42. The van der Waals surface area contributed by atoms with Crippen LogP contribution in [0.2, 0.25) is 10.0 Å². The second kappa shape index (κ2) is 16.8. The van der Waals surface area contributed by atoms with E-state index in [1.54, 1.807) is 32.4 Å². The number of nitrogens with zero attached hydrogens (tertiary/aromatic N) is 3. The number of hydrogen-bond donors (Lipinski definition) is 3. The maximum absolute atomic E-state index is 15.8. The van der Waals surface area contributed by atoms with Gasteiger partial charge in [0.2, 0.25) is 11.8 Å². The number of benzene rings is 2. The quantitative estimate of drug-likeness (QED) is 0.123. The number of esters is 1. The first-order valence-electron chi connectivity index (χ1n) is 17.2. The van der Waals surface area contributed by atoms with Crippen LogP contribution in [-0.2, 0) is 27.4 Å². The Morgan fingerprint density at radius 1 is 1.04 bits per heavy atom. The monoisotopic (exact) mass is 734 g/mol. The number of piperidine rings is 1. The van der Waals surface area contributed by atoms with E-state index in [4.69, 9.17) is 37.7 Å². The third-order valence-electron chi connectivity index (χ3n) is 9.23. The summed E-state index contributed by atoms with van der Waals surface area (Å²) in [7, 11) is 1.58. The van der Waals surface area contributed by atoms with Gasteiger partial charge in [-0.15, -0.1) is 0 Å². The number of carbonyl (C=O) groups is 2. The largest absolute Gasteiger partial charge is 0.481 e. The number of carbonyl (C=O) groups excluding carboxylic acids is 2. The summed E-state index contributed by atoms with van der Waals surface area (Å²) >= 11 is 14.0. The molecular formula is C38H41Cl2FN6O4. The van der Waals surface area contributed by atoms with Crippen LogP contribution in [0.4, 0.5) is 15.9 Å². The van der Waals surface area contributed by atoms with Crippen LogP contribution in [0, 0.1) is 11.7 Å². The lowest BCUT2D eigenvalue weighted by Crippen LogP contribution is -2.39. The number of anilines is 2. The van der Waals surface area contributed by atoms with E-state index in [0.29, 0.717) is 88.8 Å². The molecule has 0 aliphatic carbocycles. The molecule has 2 aromatic heterocycles. The molecule has 3 N–H and O–H groups in total. The van der Waals surface area contributed by atoms with E-state index >= 15 is 4.39 Å². The van der Waals surface area contributed by atoms with Crippen molar-refractivity contribution in [3.63, 3.8) is 0 Å². The molecule has 6 rings (SSSR count). The summed E-state index contributed by atoms with van der Waals surface area (Å²) in [5.74, 6) is -0.304. The summed E-state index contributed by atoms with van der Waals surface area (Å²) < 4.78 is 26.7. The predicted molar refractivity (Wildman–Crippen MR) is 197 cm³/mol. The number of halogens is 3. The van der Waals surface area contributed by atoms with Gasteiger partial charge < -0.3 is 25.4 Å². The zero-order chi connectivity index (χ0) is 35.9. The molecule has 0 spiro atoms. The molecule has 268 valence electrons. The van der Waals surface area contributed by atoms with Crippen LogP contribution in [-0.4, -0.2) is 66.1 Å². The van der Waals surface area contributed by atoms with Gasteiger partial charge in [0.1, 0.15) is 0 Å². The Morgan fingerprint density at radius 2 is 1.82 bits per heavy atom. The lowest BCUT2D eigenvalue weighted by atomic mass is 9.98. The fraction of sp³-hybridized carbons (Fsp3) is 0.368. The predicted octanol–water partition coefficient (Wildman–Crippen LogP) is 7.15. The van der Waals surface area contributed by atoms with E-state index in [1.165, 1.54) is 0 Å². The van der Waals surface area contributed by atoms with Crippen molar-refractivity contribution in [1.82, 2.24) is 25.5 Å². The average molecular weight is 736 g/mol. The molecule has 2 aliphatic rings. The summed E-state index contributed by atoms with van der Waals surface area (Å²) in [6.45, 7) is 4.94. The van der Waals surface area contributed by atoms with Crippen molar-refractivity contribution in [2.75, 3.05) is 38.7 Å². The number of amides is 1. The van der Waals surface area contributed by atoms with Crippen molar-refractivity contribution in [1.29, 1.82) is 0 Å². The summed E-state index contributed by atoms with van der Waals surface area (Å²) in [6, 6.07) is 16.7. The molecule has 2 fully saturated rings. The molecule has 10 nitrogen and oxygen atoms in total. The molecule has 0 bridgehead atoms. The van der Waals surface area contributed by atoms with E-state index in [0.717, 1.165) is 31.4 Å². The lowest BCUT2D eigenvalue weighted by Gasteiger charge is -2.31. The molecule has 2 aromatic carbocycles. The van der Waals surface area contributed by atoms with E-state index in [-0.39, 0.29) is 29.7 Å². The maximum Gasteiger partial charge on any atom is 0.310 e. The van der Waals surface area contributed by atoms with Crippen LogP contribution in [0.1, 0.15) is 43.7 Å². The first-order chi connectivity index (χ1) is 24.7. The first-order valence-corrected chi connectivity index (χ1v) is 17.9. The molecule has 4 heterocycles. The number of ether oxygens (including phenoxy) is 2. The van der Waals surface area contributed by atoms with Crippen LogP contribution < -0.4 is 20.7 Å². The molecule has 0 radical (unpaired) electrons. The topological polar surface area (TPSA) is 118 Å². The second-order valence-electron chi connectivity index (χ2n) is 12.7. The van der Waals surface area contributed by atoms with E-state index in [9.17, 15) is 9.59 Å². The molecule has 4 aromatic rings. The van der Waals surface area contributed by atoms with Gasteiger partial charge in [-0.05, 0) is 50.9 Å². The van der Waals surface area contributed by atoms with Gasteiger partial charge in [0.15, 0.2) is 11.6 Å². The fourth-order valence-electron chi connectivity index (χ4n) is 6.63. The van der Waals surface area contributed by atoms with Crippen LogP contribution in [0.5, 0.6) is 5.88 Å². The van der Waals surface area contributed by atoms with Gasteiger partial charge in [-0.1, -0.05) is 59.6 Å². The molecule has 0 saturated carbocycles. The Kier molecular flexibility index (Phi) is 12.0. The summed E-state index contributed by atoms with van der Waals surface area (Å²) in [5.41, 5.74) is 4.45. The molecule has 2 saturated heterocycles. The molecule has 1 amide bonds. The van der Waals surface area contributed by atoms with Gasteiger partial charge in [0.05, 0.1) is 41.1 Å². The number of likely N-dealkylation sites (tertiary alicyclic amines) is 1. The molecule has 51 heavy (non-hydrogen) atoms. The average Bonchev–Trinajstić information content (AvgIpc) is 3.56. The lowest BCUT2D eigenvalue weighted by molar-refractivity contribution is -0.150. The minimum Gasteiger partial charge on any atom is -0.481 e. The number of methoxy groups -OCH3 is 1. The van der Waals surface area contributed by atoms with Crippen molar-refractivity contribution < 1.29 is 23.5 Å². The van der Waals surface area contributed by atoms with Crippen molar-refractivity contribution in [2.24, 2.45) is 5.92 Å². The van der Waals surface area contributed by atoms with Gasteiger partial charge in [0.25, 0.3) is 0 Å². The highest BCUT2D eigenvalue weighted by atomic mass is 35.5. The maximum atomic E-state index is 15.8.